The van der Waals surface area contributed by atoms with Gasteiger partial charge < -0.3 is 4.84 Å². The van der Waals surface area contributed by atoms with Crippen LogP contribution in [0.1, 0.15) is 34.6 Å². The number of nitrogens with zero attached hydrogens (tertiary/aromatic N) is 4. The molecule has 0 amide bonds. The zero-order valence-corrected chi connectivity index (χ0v) is 10.6. The highest BCUT2D eigenvalue weighted by atomic mass is 16.6. The molecule has 16 heavy (non-hydrogen) atoms. The minimum Gasteiger partial charge on any atom is -0.393 e. The highest BCUT2D eigenvalue weighted by molar-refractivity contribution is 5.88. The van der Waals surface area contributed by atoms with Crippen molar-refractivity contribution in [2.24, 2.45) is 10.6 Å². The summed E-state index contributed by atoms with van der Waals surface area (Å²) in [5.74, 6) is 0. The van der Waals surface area contributed by atoms with Crippen LogP contribution < -0.4 is 0 Å². The molecule has 0 atom stereocenters. The van der Waals surface area contributed by atoms with Crippen molar-refractivity contribution >= 4 is 5.71 Å². The number of rotatable bonds is 4. The minimum absolute atomic E-state index is 0.0408. The fourth-order valence-corrected chi connectivity index (χ4v) is 1.04. The van der Waals surface area contributed by atoms with Crippen LogP contribution in [0.3, 0.4) is 0 Å². The molecule has 0 aliphatic heterocycles. The molecule has 0 fully saturated rings. The molecule has 1 heterocycles. The lowest BCUT2D eigenvalue weighted by Crippen LogP contribution is -2.26. The fraction of sp³-hybridized carbons (Fsp3) is 0.727. The Kier molecular flexibility index (Phi) is 4.04. The first-order chi connectivity index (χ1) is 7.39. The molecule has 1 aromatic heterocycles. The molecule has 5 heteroatoms. The van der Waals surface area contributed by atoms with Gasteiger partial charge in [-0.15, -0.1) is 0 Å². The van der Waals surface area contributed by atoms with Gasteiger partial charge in [0.1, 0.15) is 18.8 Å². The van der Waals surface area contributed by atoms with Gasteiger partial charge >= 0.3 is 0 Å². The molecule has 0 saturated heterocycles. The van der Waals surface area contributed by atoms with E-state index in [2.05, 4.69) is 36.0 Å². The fourth-order valence-electron chi connectivity index (χ4n) is 1.04. The third kappa shape index (κ3) is 4.00. The van der Waals surface area contributed by atoms with Crippen molar-refractivity contribution in [1.29, 1.82) is 0 Å². The van der Waals surface area contributed by atoms with Gasteiger partial charge in [0.2, 0.25) is 0 Å². The maximum Gasteiger partial charge on any atom is 0.137 e. The van der Waals surface area contributed by atoms with Crippen LogP contribution in [0, 0.1) is 5.41 Å². The van der Waals surface area contributed by atoms with Gasteiger partial charge in [-0.25, -0.2) is 9.67 Å². The molecule has 1 rings (SSSR count). The van der Waals surface area contributed by atoms with Crippen molar-refractivity contribution in [3.05, 3.63) is 12.7 Å². The first-order valence-corrected chi connectivity index (χ1v) is 5.45. The van der Waals surface area contributed by atoms with Crippen molar-refractivity contribution in [2.75, 3.05) is 0 Å². The lowest BCUT2D eigenvalue weighted by molar-refractivity contribution is 0.0829. The third-order valence-corrected chi connectivity index (χ3v) is 2.02. The molecule has 0 N–H and O–H groups in total. The Balaban J connectivity index is 2.76. The molecule has 0 aliphatic carbocycles. The SMILES string of the molecule is CC(C)O/N=C(\Cn1cncn1)C(C)(C)C. The Labute approximate surface area is 96.5 Å². The topological polar surface area (TPSA) is 52.3 Å². The van der Waals surface area contributed by atoms with E-state index in [1.165, 1.54) is 6.33 Å². The maximum atomic E-state index is 5.31. The van der Waals surface area contributed by atoms with E-state index >= 15 is 0 Å². The quantitative estimate of drug-likeness (QED) is 0.581. The first-order valence-electron chi connectivity index (χ1n) is 5.45. The number of aromatic nitrogens is 3. The molecule has 0 saturated carbocycles. The lowest BCUT2D eigenvalue weighted by atomic mass is 9.90. The average Bonchev–Trinajstić information content (AvgIpc) is 2.62. The summed E-state index contributed by atoms with van der Waals surface area (Å²) in [7, 11) is 0. The minimum atomic E-state index is -0.0408. The van der Waals surface area contributed by atoms with E-state index in [0.717, 1.165) is 5.71 Å². The number of hydrogen-bond acceptors (Lipinski definition) is 4. The Bertz CT molecular complexity index is 335. The summed E-state index contributed by atoms with van der Waals surface area (Å²) in [4.78, 5) is 9.21. The standard InChI is InChI=1S/C11H20N4O/c1-9(2)16-14-10(11(3,4)5)6-15-8-12-7-13-15/h7-9H,6H2,1-5H3/b14-10+. The highest BCUT2D eigenvalue weighted by Gasteiger charge is 2.20. The Morgan fingerprint density at radius 2 is 2.12 bits per heavy atom. The van der Waals surface area contributed by atoms with E-state index in [-0.39, 0.29) is 11.5 Å². The zero-order valence-electron chi connectivity index (χ0n) is 10.6. The summed E-state index contributed by atoms with van der Waals surface area (Å²) in [5, 5.41) is 8.26. The van der Waals surface area contributed by atoms with Gasteiger partial charge in [0.15, 0.2) is 0 Å². The molecule has 5 nitrogen and oxygen atoms in total. The molecule has 1 aromatic rings. The summed E-state index contributed by atoms with van der Waals surface area (Å²) < 4.78 is 1.74. The van der Waals surface area contributed by atoms with Gasteiger partial charge in [0, 0.05) is 5.41 Å². The zero-order chi connectivity index (χ0) is 12.2. The van der Waals surface area contributed by atoms with E-state index in [4.69, 9.17) is 4.84 Å². The van der Waals surface area contributed by atoms with Crippen molar-refractivity contribution in [3.63, 3.8) is 0 Å². The van der Waals surface area contributed by atoms with Crippen LogP contribution >= 0.6 is 0 Å². The third-order valence-electron chi connectivity index (χ3n) is 2.02. The van der Waals surface area contributed by atoms with Gasteiger partial charge in [0.05, 0.1) is 12.3 Å². The van der Waals surface area contributed by atoms with Gasteiger partial charge in [-0.3, -0.25) is 0 Å². The van der Waals surface area contributed by atoms with Crippen LogP contribution in [0.5, 0.6) is 0 Å². The second-order valence-electron chi connectivity index (χ2n) is 5.04. The maximum absolute atomic E-state index is 5.31. The Morgan fingerprint density at radius 3 is 2.56 bits per heavy atom. The van der Waals surface area contributed by atoms with Crippen LogP contribution in [-0.2, 0) is 11.4 Å². The molecule has 0 unspecified atom stereocenters. The first kappa shape index (κ1) is 12.7. The summed E-state index contributed by atoms with van der Waals surface area (Å²) in [6.07, 6.45) is 3.29. The van der Waals surface area contributed by atoms with Crippen molar-refractivity contribution in [1.82, 2.24) is 14.8 Å². The van der Waals surface area contributed by atoms with E-state index < -0.39 is 0 Å². The van der Waals surface area contributed by atoms with Crippen LogP contribution in [0.4, 0.5) is 0 Å². The van der Waals surface area contributed by atoms with Crippen LogP contribution in [-0.4, -0.2) is 26.6 Å². The molecule has 0 bridgehead atoms. The molecular formula is C11H20N4O. The molecule has 0 spiro atoms. The van der Waals surface area contributed by atoms with Crippen LogP contribution in [0.15, 0.2) is 17.8 Å². The number of oxime groups is 1. The summed E-state index contributed by atoms with van der Waals surface area (Å²) >= 11 is 0. The molecular weight excluding hydrogens is 204 g/mol. The summed E-state index contributed by atoms with van der Waals surface area (Å²) in [6, 6.07) is 0. The van der Waals surface area contributed by atoms with Gasteiger partial charge in [-0.05, 0) is 13.8 Å². The van der Waals surface area contributed by atoms with Crippen LogP contribution in [0.2, 0.25) is 0 Å². The predicted molar refractivity (Wildman–Crippen MR) is 63.1 cm³/mol. The molecule has 0 radical (unpaired) electrons. The van der Waals surface area contributed by atoms with E-state index in [9.17, 15) is 0 Å². The average molecular weight is 224 g/mol. The smallest absolute Gasteiger partial charge is 0.137 e. The Morgan fingerprint density at radius 1 is 1.44 bits per heavy atom. The van der Waals surface area contributed by atoms with Gasteiger partial charge in [-0.1, -0.05) is 25.9 Å². The Hall–Kier alpha value is -1.39. The van der Waals surface area contributed by atoms with E-state index in [0.29, 0.717) is 6.54 Å². The predicted octanol–water partition coefficient (Wildman–Crippen LogP) is 2.11. The molecule has 0 aromatic carbocycles. The highest BCUT2D eigenvalue weighted by Crippen LogP contribution is 2.17. The lowest BCUT2D eigenvalue weighted by Gasteiger charge is -2.21. The largest absolute Gasteiger partial charge is 0.393 e. The monoisotopic (exact) mass is 224 g/mol. The van der Waals surface area contributed by atoms with Gasteiger partial charge in [-0.2, -0.15) is 5.10 Å². The normalized spacial score (nSPS) is 13.2. The number of hydrogen-bond donors (Lipinski definition) is 0. The summed E-state index contributed by atoms with van der Waals surface area (Å²) in [6.45, 7) is 10.8. The molecule has 0 aliphatic rings. The summed E-state index contributed by atoms with van der Waals surface area (Å²) in [5.41, 5.74) is 0.910. The van der Waals surface area contributed by atoms with Crippen LogP contribution in [0.25, 0.3) is 0 Å². The second kappa shape index (κ2) is 5.09. The second-order valence-corrected chi connectivity index (χ2v) is 5.04. The van der Waals surface area contributed by atoms with Crippen molar-refractivity contribution < 1.29 is 4.84 Å². The van der Waals surface area contributed by atoms with Crippen molar-refractivity contribution in [2.45, 2.75) is 47.3 Å². The van der Waals surface area contributed by atoms with Gasteiger partial charge in [0.25, 0.3) is 0 Å². The molecule has 90 valence electrons. The van der Waals surface area contributed by atoms with Crippen molar-refractivity contribution in [3.8, 4) is 0 Å². The van der Waals surface area contributed by atoms with E-state index in [1.807, 2.05) is 13.8 Å². The van der Waals surface area contributed by atoms with E-state index in [1.54, 1.807) is 11.0 Å².